The highest BCUT2D eigenvalue weighted by Gasteiger charge is 2.39. The maximum Gasteiger partial charge on any atom is 0.501 e. The molecule has 5 heteroatoms. The van der Waals surface area contributed by atoms with Gasteiger partial charge in [-0.1, -0.05) is 40.2 Å². The molecule has 0 aliphatic carbocycles. The minimum absolute atomic E-state index is 0.633. The zero-order valence-electron chi connectivity index (χ0n) is 12.7. The number of aryl methyl sites for hydroxylation is 1. The molecule has 0 fully saturated rings. The molecule has 0 radical (unpaired) electrons. The Morgan fingerprint density at radius 3 is 2.00 bits per heavy atom. The van der Waals surface area contributed by atoms with Crippen LogP contribution in [0.15, 0.2) is 24.3 Å². The monoisotopic (exact) mass is 360 g/mol. The second kappa shape index (κ2) is 9.68. The minimum Gasteiger partial charge on any atom is -0.374 e. The molecule has 0 aliphatic rings. The van der Waals surface area contributed by atoms with Crippen molar-refractivity contribution in [2.75, 3.05) is 19.8 Å². The summed E-state index contributed by atoms with van der Waals surface area (Å²) in [4.78, 5) is 0. The topological polar surface area (TPSA) is 27.7 Å². The van der Waals surface area contributed by atoms with Crippen LogP contribution in [0.25, 0.3) is 0 Å². The highest BCUT2D eigenvalue weighted by atomic mass is 79.9. The Labute approximate surface area is 132 Å². The van der Waals surface area contributed by atoms with Gasteiger partial charge in [0.15, 0.2) is 0 Å². The molecular weight excluding hydrogens is 336 g/mol. The Bertz CT molecular complexity index is 370. The first-order chi connectivity index (χ1) is 9.69. The first-order valence-electron chi connectivity index (χ1n) is 7.25. The van der Waals surface area contributed by atoms with E-state index in [0.717, 1.165) is 17.8 Å². The standard InChI is InChI=1S/C15H25BrO3Si/c1-4-17-20(18-5-2,19-6-3)11-10-14-8-7-9-15(12-14)13-16/h7-9,12H,4-6,10-11,13H2,1-3H3. The lowest BCUT2D eigenvalue weighted by Crippen LogP contribution is -2.46. The van der Waals surface area contributed by atoms with Gasteiger partial charge in [-0.15, -0.1) is 0 Å². The van der Waals surface area contributed by atoms with Gasteiger partial charge >= 0.3 is 8.80 Å². The molecule has 0 atom stereocenters. The predicted octanol–water partition coefficient (Wildman–Crippen LogP) is 4.17. The van der Waals surface area contributed by atoms with Crippen LogP contribution in [0.2, 0.25) is 6.04 Å². The van der Waals surface area contributed by atoms with Crippen molar-refractivity contribution in [3.63, 3.8) is 0 Å². The van der Waals surface area contributed by atoms with Crippen LogP contribution in [0, 0.1) is 0 Å². The average Bonchev–Trinajstić information content (AvgIpc) is 2.46. The number of benzene rings is 1. The van der Waals surface area contributed by atoms with Gasteiger partial charge in [-0.25, -0.2) is 0 Å². The molecule has 0 N–H and O–H groups in total. The van der Waals surface area contributed by atoms with Crippen molar-refractivity contribution in [1.82, 2.24) is 0 Å². The van der Waals surface area contributed by atoms with Crippen LogP contribution in [-0.4, -0.2) is 28.6 Å². The smallest absolute Gasteiger partial charge is 0.374 e. The fourth-order valence-corrected chi connectivity index (χ4v) is 5.11. The minimum atomic E-state index is -2.52. The van der Waals surface area contributed by atoms with Crippen LogP contribution in [0.1, 0.15) is 31.9 Å². The third-order valence-corrected chi connectivity index (χ3v) is 6.65. The van der Waals surface area contributed by atoms with Crippen LogP contribution in [0.4, 0.5) is 0 Å². The molecule has 0 unspecified atom stereocenters. The number of alkyl halides is 1. The molecule has 1 aromatic carbocycles. The molecule has 0 spiro atoms. The predicted molar refractivity (Wildman–Crippen MR) is 88.2 cm³/mol. The van der Waals surface area contributed by atoms with Crippen molar-refractivity contribution >= 4 is 24.7 Å². The molecular formula is C15H25BrO3Si. The lowest BCUT2D eigenvalue weighted by Gasteiger charge is -2.28. The summed E-state index contributed by atoms with van der Waals surface area (Å²) in [6.07, 6.45) is 0.924. The first kappa shape index (κ1) is 17.8. The second-order valence-electron chi connectivity index (χ2n) is 4.44. The van der Waals surface area contributed by atoms with Gasteiger partial charge < -0.3 is 13.3 Å². The van der Waals surface area contributed by atoms with E-state index in [4.69, 9.17) is 13.3 Å². The SMILES string of the molecule is CCO[Si](CCc1cccc(CBr)c1)(OCC)OCC. The van der Waals surface area contributed by atoms with Crippen molar-refractivity contribution in [3.8, 4) is 0 Å². The molecule has 0 heterocycles. The molecule has 114 valence electrons. The largest absolute Gasteiger partial charge is 0.501 e. The van der Waals surface area contributed by atoms with Gasteiger partial charge in [-0.2, -0.15) is 0 Å². The van der Waals surface area contributed by atoms with E-state index in [0.29, 0.717) is 19.8 Å². The molecule has 0 saturated heterocycles. The van der Waals surface area contributed by atoms with Gasteiger partial charge in [0.2, 0.25) is 0 Å². The zero-order chi connectivity index (χ0) is 14.8. The van der Waals surface area contributed by atoms with Crippen molar-refractivity contribution in [2.45, 2.75) is 38.6 Å². The molecule has 0 bridgehead atoms. The molecule has 20 heavy (non-hydrogen) atoms. The van der Waals surface area contributed by atoms with Crippen LogP contribution >= 0.6 is 15.9 Å². The fourth-order valence-electron chi connectivity index (χ4n) is 2.17. The molecule has 0 amide bonds. The normalized spacial score (nSPS) is 11.8. The lowest BCUT2D eigenvalue weighted by atomic mass is 10.1. The Hall–Kier alpha value is -0.203. The Kier molecular flexibility index (Phi) is 8.64. The second-order valence-corrected chi connectivity index (χ2v) is 7.73. The van der Waals surface area contributed by atoms with E-state index in [1.807, 2.05) is 20.8 Å². The highest BCUT2D eigenvalue weighted by molar-refractivity contribution is 9.08. The Morgan fingerprint density at radius 2 is 1.50 bits per heavy atom. The fraction of sp³-hybridized carbons (Fsp3) is 0.600. The number of halogens is 1. The first-order valence-corrected chi connectivity index (χ1v) is 10.3. The molecule has 1 aromatic rings. The lowest BCUT2D eigenvalue weighted by molar-refractivity contribution is 0.0714. The van der Waals surface area contributed by atoms with Crippen molar-refractivity contribution in [3.05, 3.63) is 35.4 Å². The van der Waals surface area contributed by atoms with E-state index in [1.54, 1.807) is 0 Å². The van der Waals surface area contributed by atoms with E-state index in [-0.39, 0.29) is 0 Å². The maximum atomic E-state index is 5.87. The summed E-state index contributed by atoms with van der Waals surface area (Å²) in [7, 11) is -2.52. The molecule has 1 rings (SSSR count). The number of rotatable bonds is 10. The highest BCUT2D eigenvalue weighted by Crippen LogP contribution is 2.20. The summed E-state index contributed by atoms with van der Waals surface area (Å²) < 4.78 is 17.6. The summed E-state index contributed by atoms with van der Waals surface area (Å²) in [5.41, 5.74) is 2.59. The van der Waals surface area contributed by atoms with Crippen LogP contribution < -0.4 is 0 Å². The number of hydrogen-bond acceptors (Lipinski definition) is 3. The van der Waals surface area contributed by atoms with E-state index in [1.165, 1.54) is 11.1 Å². The van der Waals surface area contributed by atoms with Gasteiger partial charge in [-0.05, 0) is 38.3 Å². The third kappa shape index (κ3) is 5.66. The number of hydrogen-bond donors (Lipinski definition) is 0. The van der Waals surface area contributed by atoms with E-state index in [9.17, 15) is 0 Å². The van der Waals surface area contributed by atoms with Gasteiger partial charge in [0.1, 0.15) is 0 Å². The van der Waals surface area contributed by atoms with Crippen molar-refractivity contribution < 1.29 is 13.3 Å². The van der Waals surface area contributed by atoms with Crippen molar-refractivity contribution in [2.24, 2.45) is 0 Å². The van der Waals surface area contributed by atoms with Gasteiger partial charge in [-0.3, -0.25) is 0 Å². The van der Waals surface area contributed by atoms with Crippen LogP contribution in [0.3, 0.4) is 0 Å². The molecule has 3 nitrogen and oxygen atoms in total. The van der Waals surface area contributed by atoms with E-state index < -0.39 is 8.80 Å². The molecule has 0 aliphatic heterocycles. The maximum absolute atomic E-state index is 5.87. The summed E-state index contributed by atoms with van der Waals surface area (Å²) in [6, 6.07) is 9.41. The van der Waals surface area contributed by atoms with Gasteiger partial charge in [0, 0.05) is 31.2 Å². The third-order valence-electron chi connectivity index (χ3n) is 2.96. The average molecular weight is 361 g/mol. The summed E-state index contributed by atoms with van der Waals surface area (Å²) in [5.74, 6) is 0. The quantitative estimate of drug-likeness (QED) is 0.462. The van der Waals surface area contributed by atoms with Crippen LogP contribution in [-0.2, 0) is 25.0 Å². The van der Waals surface area contributed by atoms with E-state index >= 15 is 0 Å². The van der Waals surface area contributed by atoms with E-state index in [2.05, 4.69) is 40.2 Å². The van der Waals surface area contributed by atoms with Gasteiger partial charge in [0.05, 0.1) is 0 Å². The Morgan fingerprint density at radius 1 is 0.950 bits per heavy atom. The summed E-state index contributed by atoms with van der Waals surface area (Å²) in [5, 5.41) is 0.881. The zero-order valence-corrected chi connectivity index (χ0v) is 15.2. The van der Waals surface area contributed by atoms with Gasteiger partial charge in [0.25, 0.3) is 0 Å². The molecule has 0 aromatic heterocycles. The Balaban J connectivity index is 2.72. The summed E-state index contributed by atoms with van der Waals surface area (Å²) >= 11 is 3.49. The van der Waals surface area contributed by atoms with Crippen molar-refractivity contribution in [1.29, 1.82) is 0 Å². The van der Waals surface area contributed by atoms with Crippen LogP contribution in [0.5, 0.6) is 0 Å². The summed E-state index contributed by atoms with van der Waals surface area (Å²) in [6.45, 7) is 7.87. The molecule has 0 saturated carbocycles.